The second-order valence-electron chi connectivity index (χ2n) is 4.89. The van der Waals surface area contributed by atoms with Crippen LogP contribution in [-0.2, 0) is 9.59 Å². The molecule has 0 bridgehead atoms. The molecule has 108 valence electrons. The van der Waals surface area contributed by atoms with Gasteiger partial charge in [-0.15, -0.1) is 0 Å². The molecule has 1 aliphatic carbocycles. The maximum atomic E-state index is 12.3. The first-order valence-electron chi connectivity index (χ1n) is 6.66. The molecule has 2 rings (SSSR count). The largest absolute Gasteiger partial charge is 0.481 e. The fraction of sp³-hybridized carbons (Fsp3) is 0.500. The van der Waals surface area contributed by atoms with Crippen molar-refractivity contribution in [2.75, 3.05) is 12.4 Å². The number of carboxylic acids is 1. The summed E-state index contributed by atoms with van der Waals surface area (Å²) in [5, 5.41) is 11.9. The first-order valence-corrected chi connectivity index (χ1v) is 6.66. The fourth-order valence-corrected chi connectivity index (χ4v) is 2.61. The van der Waals surface area contributed by atoms with Crippen LogP contribution in [0.4, 0.5) is 5.69 Å². The van der Waals surface area contributed by atoms with Crippen molar-refractivity contribution in [3.63, 3.8) is 0 Å². The minimum atomic E-state index is -0.900. The molecule has 2 N–H and O–H groups in total. The lowest BCUT2D eigenvalue weighted by molar-refractivity contribution is -0.147. The van der Waals surface area contributed by atoms with Crippen molar-refractivity contribution < 1.29 is 19.4 Å². The zero-order valence-corrected chi connectivity index (χ0v) is 11.3. The minimum absolute atomic E-state index is 0.275. The number of aliphatic carboxylic acids is 1. The van der Waals surface area contributed by atoms with Gasteiger partial charge in [-0.1, -0.05) is 12.8 Å². The molecule has 20 heavy (non-hydrogen) atoms. The second-order valence-corrected chi connectivity index (χ2v) is 4.89. The van der Waals surface area contributed by atoms with E-state index < -0.39 is 17.8 Å². The number of nitrogens with zero attached hydrogens (tertiary/aromatic N) is 1. The van der Waals surface area contributed by atoms with Gasteiger partial charge in [0.1, 0.15) is 5.69 Å². The molecule has 0 spiro atoms. The summed E-state index contributed by atoms with van der Waals surface area (Å²) < 4.78 is 5.07. The quantitative estimate of drug-likeness (QED) is 0.878. The molecular formula is C14H18N2O4. The van der Waals surface area contributed by atoms with Crippen LogP contribution in [0.3, 0.4) is 0 Å². The van der Waals surface area contributed by atoms with E-state index in [9.17, 15) is 14.7 Å². The molecule has 6 nitrogen and oxygen atoms in total. The smallest absolute Gasteiger partial charge is 0.307 e. The Kier molecular flexibility index (Phi) is 4.55. The first kappa shape index (κ1) is 14.3. The summed E-state index contributed by atoms with van der Waals surface area (Å²) in [4.78, 5) is 27.5. The van der Waals surface area contributed by atoms with Gasteiger partial charge in [-0.25, -0.2) is 4.98 Å². The first-order chi connectivity index (χ1) is 9.63. The van der Waals surface area contributed by atoms with Gasteiger partial charge in [0, 0.05) is 6.20 Å². The minimum Gasteiger partial charge on any atom is -0.481 e. The molecule has 2 unspecified atom stereocenters. The van der Waals surface area contributed by atoms with E-state index in [4.69, 9.17) is 4.74 Å². The summed E-state index contributed by atoms with van der Waals surface area (Å²) in [7, 11) is 1.47. The van der Waals surface area contributed by atoms with E-state index in [2.05, 4.69) is 10.3 Å². The van der Waals surface area contributed by atoms with Gasteiger partial charge in [-0.2, -0.15) is 0 Å². The number of anilines is 1. The summed E-state index contributed by atoms with van der Waals surface area (Å²) in [5.74, 6) is -1.95. The van der Waals surface area contributed by atoms with E-state index in [0.29, 0.717) is 24.4 Å². The standard InChI is InChI=1S/C14H18N2O4/c1-20-13-11(7-4-8-15-13)16-12(17)9-5-2-3-6-10(9)14(18)19/h4,7-10H,2-3,5-6H2,1H3,(H,16,17)(H,18,19). The number of pyridine rings is 1. The number of nitrogens with one attached hydrogen (secondary N) is 1. The fourth-order valence-electron chi connectivity index (χ4n) is 2.61. The summed E-state index contributed by atoms with van der Waals surface area (Å²) in [5.41, 5.74) is 0.467. The average Bonchev–Trinajstić information content (AvgIpc) is 2.47. The molecule has 1 saturated carbocycles. The topological polar surface area (TPSA) is 88.5 Å². The van der Waals surface area contributed by atoms with E-state index in [1.807, 2.05) is 0 Å². The number of ether oxygens (including phenoxy) is 1. The van der Waals surface area contributed by atoms with E-state index in [1.54, 1.807) is 18.3 Å². The van der Waals surface area contributed by atoms with Gasteiger partial charge in [-0.05, 0) is 25.0 Å². The predicted molar refractivity (Wildman–Crippen MR) is 72.5 cm³/mol. The Balaban J connectivity index is 2.12. The average molecular weight is 278 g/mol. The van der Waals surface area contributed by atoms with E-state index in [0.717, 1.165) is 12.8 Å². The highest BCUT2D eigenvalue weighted by Gasteiger charge is 2.35. The van der Waals surface area contributed by atoms with E-state index >= 15 is 0 Å². The van der Waals surface area contributed by atoms with Crippen LogP contribution in [-0.4, -0.2) is 29.1 Å². The predicted octanol–water partition coefficient (Wildman–Crippen LogP) is 1.92. The molecule has 1 heterocycles. The Morgan fingerprint density at radius 3 is 2.70 bits per heavy atom. The van der Waals surface area contributed by atoms with E-state index in [-0.39, 0.29) is 5.91 Å². The van der Waals surface area contributed by atoms with Crippen LogP contribution in [0.1, 0.15) is 25.7 Å². The SMILES string of the molecule is COc1ncccc1NC(=O)C1CCCCC1C(=O)O. The van der Waals surface area contributed by atoms with Gasteiger partial charge in [0.25, 0.3) is 0 Å². The third kappa shape index (κ3) is 3.07. The molecule has 1 aromatic heterocycles. The van der Waals surface area contributed by atoms with E-state index in [1.165, 1.54) is 7.11 Å². The monoisotopic (exact) mass is 278 g/mol. The number of hydrogen-bond acceptors (Lipinski definition) is 4. The Hall–Kier alpha value is -2.11. The van der Waals surface area contributed by atoms with Crippen LogP contribution in [0.15, 0.2) is 18.3 Å². The number of amides is 1. The number of aromatic nitrogens is 1. The molecule has 0 saturated heterocycles. The number of carboxylic acid groups (broad SMARTS) is 1. The summed E-state index contributed by atoms with van der Waals surface area (Å²) >= 11 is 0. The van der Waals surface area contributed by atoms with Crippen molar-refractivity contribution in [3.05, 3.63) is 18.3 Å². The highest BCUT2D eigenvalue weighted by molar-refractivity contribution is 5.96. The molecule has 0 aliphatic heterocycles. The van der Waals surface area contributed by atoms with Gasteiger partial charge in [-0.3, -0.25) is 9.59 Å². The number of carbonyl (C=O) groups is 2. The van der Waals surface area contributed by atoms with Crippen LogP contribution in [0.5, 0.6) is 5.88 Å². The Labute approximate surface area is 117 Å². The van der Waals surface area contributed by atoms with Crippen LogP contribution >= 0.6 is 0 Å². The summed E-state index contributed by atoms with van der Waals surface area (Å²) in [6, 6.07) is 3.37. The second kappa shape index (κ2) is 6.36. The van der Waals surface area contributed by atoms with Crippen molar-refractivity contribution in [2.24, 2.45) is 11.8 Å². The summed E-state index contributed by atoms with van der Waals surface area (Å²) in [6.07, 6.45) is 4.46. The van der Waals surface area contributed by atoms with Gasteiger partial charge < -0.3 is 15.2 Å². The zero-order valence-electron chi connectivity index (χ0n) is 11.3. The van der Waals surface area contributed by atoms with Crippen molar-refractivity contribution in [1.82, 2.24) is 4.98 Å². The third-order valence-electron chi connectivity index (χ3n) is 3.64. The van der Waals surface area contributed by atoms with Gasteiger partial charge in [0.05, 0.1) is 18.9 Å². The van der Waals surface area contributed by atoms with Gasteiger partial charge >= 0.3 is 5.97 Å². The zero-order chi connectivity index (χ0) is 14.5. The van der Waals surface area contributed by atoms with Crippen LogP contribution in [0.2, 0.25) is 0 Å². The highest BCUT2D eigenvalue weighted by atomic mass is 16.5. The van der Waals surface area contributed by atoms with Crippen LogP contribution in [0, 0.1) is 11.8 Å². The van der Waals surface area contributed by atoms with Gasteiger partial charge in [0.2, 0.25) is 11.8 Å². The van der Waals surface area contributed by atoms with Crippen molar-refractivity contribution in [1.29, 1.82) is 0 Å². The van der Waals surface area contributed by atoms with Crippen molar-refractivity contribution in [2.45, 2.75) is 25.7 Å². The third-order valence-corrected chi connectivity index (χ3v) is 3.64. The Bertz CT molecular complexity index is 504. The van der Waals surface area contributed by atoms with Crippen LogP contribution < -0.4 is 10.1 Å². The molecular weight excluding hydrogens is 260 g/mol. The molecule has 1 aliphatic rings. The molecule has 6 heteroatoms. The maximum absolute atomic E-state index is 12.3. The summed E-state index contributed by atoms with van der Waals surface area (Å²) in [6.45, 7) is 0. The molecule has 0 aromatic carbocycles. The molecule has 1 aromatic rings. The Morgan fingerprint density at radius 2 is 2.05 bits per heavy atom. The van der Waals surface area contributed by atoms with Crippen LogP contribution in [0.25, 0.3) is 0 Å². The normalized spacial score (nSPS) is 22.1. The number of rotatable bonds is 4. The number of hydrogen-bond donors (Lipinski definition) is 2. The Morgan fingerprint density at radius 1 is 1.35 bits per heavy atom. The molecule has 0 radical (unpaired) electrons. The number of methoxy groups -OCH3 is 1. The maximum Gasteiger partial charge on any atom is 0.307 e. The molecule has 2 atom stereocenters. The number of carbonyl (C=O) groups excluding carboxylic acids is 1. The molecule has 1 amide bonds. The van der Waals surface area contributed by atoms with Crippen molar-refractivity contribution >= 4 is 17.6 Å². The molecule has 1 fully saturated rings. The van der Waals surface area contributed by atoms with Gasteiger partial charge in [0.15, 0.2) is 0 Å². The van der Waals surface area contributed by atoms with Crippen molar-refractivity contribution in [3.8, 4) is 5.88 Å². The highest BCUT2D eigenvalue weighted by Crippen LogP contribution is 2.32. The lowest BCUT2D eigenvalue weighted by Gasteiger charge is -2.27. The lowest BCUT2D eigenvalue weighted by Crippen LogP contribution is -2.36. The lowest BCUT2D eigenvalue weighted by atomic mass is 9.78.